The highest BCUT2D eigenvalue weighted by molar-refractivity contribution is 7.23. The van der Waals surface area contributed by atoms with Crippen molar-refractivity contribution in [3.05, 3.63) is 17.5 Å². The molecule has 1 aliphatic rings. The molecular formula is C12H15N4O2S2+. The van der Waals surface area contributed by atoms with Crippen LogP contribution >= 0.6 is 22.7 Å². The largest absolute Gasteiger partial charge is 0.370 e. The fraction of sp³-hybridized carbons (Fsp3) is 0.417. The summed E-state index contributed by atoms with van der Waals surface area (Å²) in [7, 11) is 0. The van der Waals surface area contributed by atoms with Crippen LogP contribution < -0.4 is 10.2 Å². The summed E-state index contributed by atoms with van der Waals surface area (Å²) in [5.74, 6) is -0.0178. The van der Waals surface area contributed by atoms with Crippen LogP contribution in [0.4, 0.5) is 5.13 Å². The average molecular weight is 311 g/mol. The van der Waals surface area contributed by atoms with E-state index in [2.05, 4.69) is 15.5 Å². The zero-order valence-corrected chi connectivity index (χ0v) is 12.4. The predicted octanol–water partition coefficient (Wildman–Crippen LogP) is 0.120. The Kier molecular flexibility index (Phi) is 4.36. The Hall–Kier alpha value is -1.35. The highest BCUT2D eigenvalue weighted by Gasteiger charge is 2.18. The SMILES string of the molecule is O=C(C[NH+]1CCOCC1)Nc1nnc(-c2cccs2)s1. The van der Waals surface area contributed by atoms with Crippen molar-refractivity contribution in [2.45, 2.75) is 0 Å². The number of nitrogens with zero attached hydrogens (tertiary/aromatic N) is 2. The molecule has 0 radical (unpaired) electrons. The van der Waals surface area contributed by atoms with E-state index >= 15 is 0 Å². The number of quaternary nitrogens is 1. The topological polar surface area (TPSA) is 68.6 Å². The van der Waals surface area contributed by atoms with Gasteiger partial charge in [-0.1, -0.05) is 17.4 Å². The Morgan fingerprint density at radius 3 is 3.00 bits per heavy atom. The number of rotatable bonds is 4. The lowest BCUT2D eigenvalue weighted by atomic mass is 10.4. The van der Waals surface area contributed by atoms with Crippen molar-refractivity contribution in [3.63, 3.8) is 0 Å². The maximum absolute atomic E-state index is 11.9. The molecule has 106 valence electrons. The second-order valence-corrected chi connectivity index (χ2v) is 6.40. The Balaban J connectivity index is 1.56. The summed E-state index contributed by atoms with van der Waals surface area (Å²) in [5, 5.41) is 14.3. The minimum Gasteiger partial charge on any atom is -0.370 e. The second-order valence-electron chi connectivity index (χ2n) is 4.48. The summed E-state index contributed by atoms with van der Waals surface area (Å²) < 4.78 is 5.27. The van der Waals surface area contributed by atoms with E-state index < -0.39 is 0 Å². The minimum atomic E-state index is -0.0178. The summed E-state index contributed by atoms with van der Waals surface area (Å²) in [6.07, 6.45) is 0. The van der Waals surface area contributed by atoms with Gasteiger partial charge in [-0.25, -0.2) is 0 Å². The summed E-state index contributed by atoms with van der Waals surface area (Å²) in [5.41, 5.74) is 0. The van der Waals surface area contributed by atoms with Gasteiger partial charge in [-0.2, -0.15) is 0 Å². The van der Waals surface area contributed by atoms with E-state index in [1.54, 1.807) is 11.3 Å². The van der Waals surface area contributed by atoms with Crippen LogP contribution in [0, 0.1) is 0 Å². The van der Waals surface area contributed by atoms with Crippen molar-refractivity contribution in [3.8, 4) is 9.88 Å². The number of morpholine rings is 1. The third-order valence-corrected chi connectivity index (χ3v) is 4.89. The molecule has 0 saturated carbocycles. The molecule has 0 aromatic carbocycles. The molecule has 3 heterocycles. The molecule has 2 aromatic rings. The third-order valence-electron chi connectivity index (χ3n) is 3.01. The van der Waals surface area contributed by atoms with Gasteiger partial charge in [-0.15, -0.1) is 21.5 Å². The molecule has 6 nitrogen and oxygen atoms in total. The molecule has 2 N–H and O–H groups in total. The van der Waals surface area contributed by atoms with Gasteiger partial charge in [0, 0.05) is 0 Å². The molecule has 0 atom stereocenters. The number of amides is 1. The number of carbonyl (C=O) groups excluding carboxylic acids is 1. The fourth-order valence-electron chi connectivity index (χ4n) is 2.00. The number of nitrogens with one attached hydrogen (secondary N) is 2. The zero-order chi connectivity index (χ0) is 13.8. The van der Waals surface area contributed by atoms with E-state index in [1.165, 1.54) is 16.2 Å². The van der Waals surface area contributed by atoms with E-state index in [4.69, 9.17) is 4.74 Å². The minimum absolute atomic E-state index is 0.0178. The van der Waals surface area contributed by atoms with Gasteiger partial charge < -0.3 is 9.64 Å². The van der Waals surface area contributed by atoms with E-state index in [9.17, 15) is 4.79 Å². The van der Waals surface area contributed by atoms with Crippen LogP contribution in [0.1, 0.15) is 0 Å². The van der Waals surface area contributed by atoms with E-state index in [0.717, 1.165) is 36.2 Å². The number of hydrogen-bond acceptors (Lipinski definition) is 6. The first-order valence-corrected chi connectivity index (χ1v) is 8.09. The second kappa shape index (κ2) is 6.40. The molecule has 2 aromatic heterocycles. The number of hydrogen-bond donors (Lipinski definition) is 2. The van der Waals surface area contributed by atoms with Gasteiger partial charge in [0.25, 0.3) is 5.91 Å². The number of carbonyl (C=O) groups is 1. The predicted molar refractivity (Wildman–Crippen MR) is 78.2 cm³/mol. The smallest absolute Gasteiger partial charge is 0.281 e. The van der Waals surface area contributed by atoms with Crippen LogP contribution in [0.5, 0.6) is 0 Å². The first-order valence-electron chi connectivity index (χ1n) is 6.40. The lowest BCUT2D eigenvalue weighted by Gasteiger charge is -2.22. The monoisotopic (exact) mass is 311 g/mol. The average Bonchev–Trinajstić information content (AvgIpc) is 3.10. The molecule has 20 heavy (non-hydrogen) atoms. The first kappa shape index (κ1) is 13.6. The van der Waals surface area contributed by atoms with Crippen LogP contribution in [0.15, 0.2) is 17.5 Å². The third kappa shape index (κ3) is 3.40. The van der Waals surface area contributed by atoms with Crippen LogP contribution in [0.3, 0.4) is 0 Å². The number of thiophene rings is 1. The molecule has 0 bridgehead atoms. The molecule has 1 amide bonds. The van der Waals surface area contributed by atoms with Crippen molar-refractivity contribution in [2.75, 3.05) is 38.2 Å². The highest BCUT2D eigenvalue weighted by atomic mass is 32.1. The molecular weight excluding hydrogens is 296 g/mol. The van der Waals surface area contributed by atoms with Crippen LogP contribution in [-0.4, -0.2) is 49.0 Å². The lowest BCUT2D eigenvalue weighted by Crippen LogP contribution is -3.15. The van der Waals surface area contributed by atoms with Crippen molar-refractivity contribution in [1.29, 1.82) is 0 Å². The Labute approximate surface area is 124 Å². The molecule has 1 aliphatic heterocycles. The van der Waals surface area contributed by atoms with Crippen molar-refractivity contribution in [2.24, 2.45) is 0 Å². The molecule has 8 heteroatoms. The van der Waals surface area contributed by atoms with Gasteiger partial charge in [0.1, 0.15) is 13.1 Å². The van der Waals surface area contributed by atoms with Gasteiger partial charge in [0.15, 0.2) is 11.6 Å². The molecule has 0 spiro atoms. The zero-order valence-electron chi connectivity index (χ0n) is 10.8. The van der Waals surface area contributed by atoms with E-state index in [-0.39, 0.29) is 5.91 Å². The van der Waals surface area contributed by atoms with Gasteiger partial charge in [-0.3, -0.25) is 10.1 Å². The maximum Gasteiger partial charge on any atom is 0.281 e. The molecule has 3 rings (SSSR count). The van der Waals surface area contributed by atoms with Crippen LogP contribution in [0.2, 0.25) is 0 Å². The fourth-order valence-corrected chi connectivity index (χ4v) is 3.55. The molecule has 1 saturated heterocycles. The molecule has 0 unspecified atom stereocenters. The summed E-state index contributed by atoms with van der Waals surface area (Å²) >= 11 is 3.02. The standard InChI is InChI=1S/C12H14N4O2S2/c17-10(8-16-3-5-18-6-4-16)13-12-15-14-11(20-12)9-2-1-7-19-9/h1-2,7H,3-6,8H2,(H,13,15,17)/p+1. The van der Waals surface area contributed by atoms with Gasteiger partial charge >= 0.3 is 0 Å². The normalized spacial score (nSPS) is 16.2. The van der Waals surface area contributed by atoms with Gasteiger partial charge in [0.2, 0.25) is 5.13 Å². The quantitative estimate of drug-likeness (QED) is 0.842. The van der Waals surface area contributed by atoms with Gasteiger partial charge in [-0.05, 0) is 11.4 Å². The van der Waals surface area contributed by atoms with E-state index in [1.807, 2.05) is 17.5 Å². The Morgan fingerprint density at radius 1 is 1.40 bits per heavy atom. The summed E-state index contributed by atoms with van der Waals surface area (Å²) in [6.45, 7) is 3.67. The lowest BCUT2D eigenvalue weighted by molar-refractivity contribution is -0.899. The Bertz CT molecular complexity index is 564. The molecule has 0 aliphatic carbocycles. The number of anilines is 1. The van der Waals surface area contributed by atoms with Crippen molar-refractivity contribution < 1.29 is 14.4 Å². The van der Waals surface area contributed by atoms with Crippen LogP contribution in [-0.2, 0) is 9.53 Å². The number of aromatic nitrogens is 2. The Morgan fingerprint density at radius 2 is 2.25 bits per heavy atom. The first-order chi connectivity index (χ1) is 9.81. The van der Waals surface area contributed by atoms with Gasteiger partial charge in [0.05, 0.1) is 18.1 Å². The summed E-state index contributed by atoms with van der Waals surface area (Å²) in [4.78, 5) is 14.3. The van der Waals surface area contributed by atoms with Crippen molar-refractivity contribution >= 4 is 33.7 Å². The maximum atomic E-state index is 11.9. The number of ether oxygens (including phenoxy) is 1. The van der Waals surface area contributed by atoms with Crippen LogP contribution in [0.25, 0.3) is 9.88 Å². The van der Waals surface area contributed by atoms with Crippen molar-refractivity contribution in [1.82, 2.24) is 10.2 Å². The molecule has 1 fully saturated rings. The summed E-state index contributed by atoms with van der Waals surface area (Å²) in [6, 6.07) is 3.97. The highest BCUT2D eigenvalue weighted by Crippen LogP contribution is 2.29. The van der Waals surface area contributed by atoms with E-state index in [0.29, 0.717) is 11.7 Å².